The Kier molecular flexibility index (Phi) is 2.31. The molecule has 0 atom stereocenters. The molecule has 0 amide bonds. The first-order chi connectivity index (χ1) is 7.06. The summed E-state index contributed by atoms with van der Waals surface area (Å²) in [5, 5.41) is 9.99. The first-order valence-electron chi connectivity index (χ1n) is 4.96. The zero-order chi connectivity index (χ0) is 10.9. The number of nitrogens with zero attached hydrogens (tertiary/aromatic N) is 2. The summed E-state index contributed by atoms with van der Waals surface area (Å²) < 4.78 is 5.74. The van der Waals surface area contributed by atoms with Gasteiger partial charge in [-0.1, -0.05) is 18.2 Å². The van der Waals surface area contributed by atoms with Gasteiger partial charge < -0.3 is 4.74 Å². The quantitative estimate of drug-likeness (QED) is 0.713. The van der Waals surface area contributed by atoms with E-state index in [-0.39, 0.29) is 5.60 Å². The van der Waals surface area contributed by atoms with Gasteiger partial charge in [0.2, 0.25) is 5.88 Å². The lowest BCUT2D eigenvalue weighted by Crippen LogP contribution is -2.23. The van der Waals surface area contributed by atoms with Crippen molar-refractivity contribution in [1.29, 1.82) is 0 Å². The molecule has 0 N–H and O–H groups in total. The van der Waals surface area contributed by atoms with Gasteiger partial charge in [0.05, 0.1) is 6.20 Å². The van der Waals surface area contributed by atoms with E-state index in [4.69, 9.17) is 4.74 Å². The first-order valence-corrected chi connectivity index (χ1v) is 4.96. The number of benzene rings is 1. The Morgan fingerprint density at radius 2 is 1.87 bits per heavy atom. The standard InChI is InChI=1S/C12H14N2O/c1-12(2,3)15-11-10-7-5-4-6-9(10)8-13-14-11/h4-8H,1-3H3. The number of rotatable bonds is 1. The van der Waals surface area contributed by atoms with Crippen LogP contribution in [-0.4, -0.2) is 15.8 Å². The van der Waals surface area contributed by atoms with Gasteiger partial charge in [-0.05, 0) is 26.8 Å². The maximum Gasteiger partial charge on any atom is 0.241 e. The Hall–Kier alpha value is -1.64. The largest absolute Gasteiger partial charge is 0.470 e. The van der Waals surface area contributed by atoms with Crippen LogP contribution in [0.4, 0.5) is 0 Å². The Labute approximate surface area is 89.1 Å². The summed E-state index contributed by atoms with van der Waals surface area (Å²) >= 11 is 0. The molecule has 0 radical (unpaired) electrons. The molecule has 1 aromatic carbocycles. The molecular formula is C12H14N2O. The lowest BCUT2D eigenvalue weighted by atomic mass is 10.1. The zero-order valence-corrected chi connectivity index (χ0v) is 9.19. The molecule has 0 unspecified atom stereocenters. The highest BCUT2D eigenvalue weighted by atomic mass is 16.5. The van der Waals surface area contributed by atoms with Crippen molar-refractivity contribution in [2.75, 3.05) is 0 Å². The number of fused-ring (bicyclic) bond motifs is 1. The molecule has 0 saturated carbocycles. The van der Waals surface area contributed by atoms with E-state index in [0.717, 1.165) is 10.8 Å². The maximum atomic E-state index is 5.74. The number of ether oxygens (including phenoxy) is 1. The van der Waals surface area contributed by atoms with Crippen molar-refractivity contribution in [3.8, 4) is 5.88 Å². The van der Waals surface area contributed by atoms with Crippen molar-refractivity contribution in [3.63, 3.8) is 0 Å². The molecule has 15 heavy (non-hydrogen) atoms. The van der Waals surface area contributed by atoms with Crippen molar-refractivity contribution >= 4 is 10.8 Å². The highest BCUT2D eigenvalue weighted by molar-refractivity contribution is 5.85. The van der Waals surface area contributed by atoms with Gasteiger partial charge in [0.25, 0.3) is 0 Å². The highest BCUT2D eigenvalue weighted by Gasteiger charge is 2.14. The van der Waals surface area contributed by atoms with Crippen LogP contribution in [0.1, 0.15) is 20.8 Å². The van der Waals surface area contributed by atoms with Gasteiger partial charge in [-0.25, -0.2) is 0 Å². The monoisotopic (exact) mass is 202 g/mol. The van der Waals surface area contributed by atoms with Gasteiger partial charge in [-0.15, -0.1) is 5.10 Å². The topological polar surface area (TPSA) is 35.0 Å². The predicted molar refractivity (Wildman–Crippen MR) is 59.9 cm³/mol. The van der Waals surface area contributed by atoms with E-state index >= 15 is 0 Å². The number of aromatic nitrogens is 2. The Morgan fingerprint density at radius 1 is 1.13 bits per heavy atom. The van der Waals surface area contributed by atoms with E-state index in [1.165, 1.54) is 0 Å². The van der Waals surface area contributed by atoms with E-state index < -0.39 is 0 Å². The summed E-state index contributed by atoms with van der Waals surface area (Å²) in [5.41, 5.74) is -0.251. The number of hydrogen-bond acceptors (Lipinski definition) is 3. The van der Waals surface area contributed by atoms with Gasteiger partial charge in [0.15, 0.2) is 0 Å². The third-order valence-electron chi connectivity index (χ3n) is 1.94. The van der Waals surface area contributed by atoms with Gasteiger partial charge in [0, 0.05) is 10.8 Å². The third-order valence-corrected chi connectivity index (χ3v) is 1.94. The summed E-state index contributed by atoms with van der Waals surface area (Å²) in [6, 6.07) is 7.94. The van der Waals surface area contributed by atoms with Crippen LogP contribution in [-0.2, 0) is 0 Å². The van der Waals surface area contributed by atoms with E-state index in [1.54, 1.807) is 6.20 Å². The molecule has 0 bridgehead atoms. The second kappa shape index (κ2) is 3.50. The highest BCUT2D eigenvalue weighted by Crippen LogP contribution is 2.24. The molecule has 3 heteroatoms. The fraction of sp³-hybridized carbons (Fsp3) is 0.333. The van der Waals surface area contributed by atoms with Crippen molar-refractivity contribution < 1.29 is 4.74 Å². The van der Waals surface area contributed by atoms with Crippen LogP contribution in [0, 0.1) is 0 Å². The fourth-order valence-electron chi connectivity index (χ4n) is 1.37. The summed E-state index contributed by atoms with van der Waals surface area (Å²) in [7, 11) is 0. The lowest BCUT2D eigenvalue weighted by molar-refractivity contribution is 0.125. The van der Waals surface area contributed by atoms with E-state index in [9.17, 15) is 0 Å². The lowest BCUT2D eigenvalue weighted by Gasteiger charge is -2.20. The molecule has 2 rings (SSSR count). The van der Waals surface area contributed by atoms with E-state index in [1.807, 2.05) is 45.0 Å². The molecule has 3 nitrogen and oxygen atoms in total. The van der Waals surface area contributed by atoms with E-state index in [0.29, 0.717) is 5.88 Å². The smallest absolute Gasteiger partial charge is 0.241 e. The molecule has 0 fully saturated rings. The first kappa shape index (κ1) is 9.90. The third kappa shape index (κ3) is 2.24. The predicted octanol–water partition coefficient (Wildman–Crippen LogP) is 2.81. The van der Waals surface area contributed by atoms with Gasteiger partial charge in [0.1, 0.15) is 5.60 Å². The second-order valence-electron chi connectivity index (χ2n) is 4.45. The molecule has 0 spiro atoms. The molecule has 0 aliphatic carbocycles. The molecule has 78 valence electrons. The molecule has 0 saturated heterocycles. The Morgan fingerprint density at radius 3 is 2.60 bits per heavy atom. The van der Waals surface area contributed by atoms with Crippen LogP contribution in [0.15, 0.2) is 30.5 Å². The van der Waals surface area contributed by atoms with E-state index in [2.05, 4.69) is 10.2 Å². The summed E-state index contributed by atoms with van der Waals surface area (Å²) in [5.74, 6) is 0.598. The summed E-state index contributed by atoms with van der Waals surface area (Å²) in [6.07, 6.45) is 1.74. The summed E-state index contributed by atoms with van der Waals surface area (Å²) in [4.78, 5) is 0. The van der Waals surface area contributed by atoms with Gasteiger partial charge in [-0.2, -0.15) is 5.10 Å². The van der Waals surface area contributed by atoms with Crippen LogP contribution in [0.5, 0.6) is 5.88 Å². The minimum atomic E-state index is -0.251. The summed E-state index contributed by atoms with van der Waals surface area (Å²) in [6.45, 7) is 5.99. The molecule has 2 aromatic rings. The molecular weight excluding hydrogens is 188 g/mol. The van der Waals surface area contributed by atoms with Crippen molar-refractivity contribution in [2.45, 2.75) is 26.4 Å². The van der Waals surface area contributed by atoms with Crippen LogP contribution >= 0.6 is 0 Å². The van der Waals surface area contributed by atoms with Crippen LogP contribution in [0.25, 0.3) is 10.8 Å². The van der Waals surface area contributed by atoms with Crippen LogP contribution in [0.2, 0.25) is 0 Å². The normalized spacial score (nSPS) is 11.7. The average molecular weight is 202 g/mol. The van der Waals surface area contributed by atoms with Crippen LogP contribution < -0.4 is 4.74 Å². The maximum absolute atomic E-state index is 5.74. The minimum absolute atomic E-state index is 0.251. The molecule has 0 aliphatic heterocycles. The van der Waals surface area contributed by atoms with Gasteiger partial charge in [-0.3, -0.25) is 0 Å². The zero-order valence-electron chi connectivity index (χ0n) is 9.19. The molecule has 0 aliphatic rings. The van der Waals surface area contributed by atoms with Crippen molar-refractivity contribution in [2.24, 2.45) is 0 Å². The fourth-order valence-corrected chi connectivity index (χ4v) is 1.37. The average Bonchev–Trinajstić information content (AvgIpc) is 2.16. The Bertz CT molecular complexity index is 469. The van der Waals surface area contributed by atoms with Crippen molar-refractivity contribution in [1.82, 2.24) is 10.2 Å². The van der Waals surface area contributed by atoms with Crippen molar-refractivity contribution in [3.05, 3.63) is 30.5 Å². The SMILES string of the molecule is CC(C)(C)Oc1nncc2ccccc12. The van der Waals surface area contributed by atoms with Crippen LogP contribution in [0.3, 0.4) is 0 Å². The second-order valence-corrected chi connectivity index (χ2v) is 4.45. The number of hydrogen-bond donors (Lipinski definition) is 0. The molecule has 1 aromatic heterocycles. The molecule has 1 heterocycles. The van der Waals surface area contributed by atoms with Gasteiger partial charge >= 0.3 is 0 Å². The minimum Gasteiger partial charge on any atom is -0.470 e. The Balaban J connectivity index is 2.52.